The van der Waals surface area contributed by atoms with Gasteiger partial charge in [-0.15, -0.1) is 0 Å². The molecule has 0 spiro atoms. The minimum atomic E-state index is -0.802. The highest BCUT2D eigenvalue weighted by Crippen LogP contribution is 2.27. The van der Waals surface area contributed by atoms with Crippen molar-refractivity contribution in [2.24, 2.45) is 0 Å². The number of aliphatic hydroxyl groups is 1. The number of nitrogens with zero attached hydrogens (tertiary/aromatic N) is 2. The van der Waals surface area contributed by atoms with Gasteiger partial charge in [0, 0.05) is 13.0 Å². The molecule has 3 nitrogen and oxygen atoms in total. The van der Waals surface area contributed by atoms with Gasteiger partial charge >= 0.3 is 0 Å². The lowest BCUT2D eigenvalue weighted by molar-refractivity contribution is 0.175. The first kappa shape index (κ1) is 16.0. The number of aromatic nitrogens is 2. The van der Waals surface area contributed by atoms with Crippen molar-refractivity contribution >= 4 is 11.6 Å². The van der Waals surface area contributed by atoms with Crippen LogP contribution >= 0.6 is 11.6 Å². The predicted molar refractivity (Wildman–Crippen MR) is 82.1 cm³/mol. The van der Waals surface area contributed by atoms with E-state index in [0.717, 1.165) is 17.8 Å². The first-order chi connectivity index (χ1) is 9.97. The van der Waals surface area contributed by atoms with Gasteiger partial charge in [-0.25, -0.2) is 4.39 Å². The summed E-state index contributed by atoms with van der Waals surface area (Å²) in [4.78, 5) is 0. The maximum absolute atomic E-state index is 13.6. The highest BCUT2D eigenvalue weighted by atomic mass is 35.5. The molecule has 1 N–H and O–H groups in total. The summed E-state index contributed by atoms with van der Waals surface area (Å²) in [6, 6.07) is 4.79. The molecule has 0 bridgehead atoms. The third-order valence-electron chi connectivity index (χ3n) is 3.66. The molecule has 0 aliphatic rings. The van der Waals surface area contributed by atoms with Crippen LogP contribution in [-0.2, 0) is 19.4 Å². The molecule has 2 aromatic rings. The zero-order valence-electron chi connectivity index (χ0n) is 12.5. The molecule has 114 valence electrons. The number of hydrogen-bond donors (Lipinski definition) is 1. The second-order valence-electron chi connectivity index (χ2n) is 5.11. The van der Waals surface area contributed by atoms with E-state index in [1.165, 1.54) is 6.07 Å². The van der Waals surface area contributed by atoms with Crippen LogP contribution < -0.4 is 0 Å². The maximum Gasteiger partial charge on any atom is 0.126 e. The van der Waals surface area contributed by atoms with E-state index < -0.39 is 6.10 Å². The quantitative estimate of drug-likeness (QED) is 0.911. The lowest BCUT2D eigenvalue weighted by Crippen LogP contribution is -2.09. The third-order valence-corrected chi connectivity index (χ3v) is 4.10. The Hall–Kier alpha value is -1.39. The van der Waals surface area contributed by atoms with Gasteiger partial charge in [-0.05, 0) is 37.5 Å². The van der Waals surface area contributed by atoms with E-state index in [2.05, 4.69) is 5.10 Å². The summed E-state index contributed by atoms with van der Waals surface area (Å²) < 4.78 is 15.4. The average molecular weight is 311 g/mol. The number of aryl methyl sites for hydroxylation is 3. The Balaban J connectivity index is 2.28. The molecule has 1 atom stereocenters. The fourth-order valence-electron chi connectivity index (χ4n) is 2.33. The molecular weight excluding hydrogens is 291 g/mol. The molecule has 0 radical (unpaired) electrons. The molecule has 0 amide bonds. The van der Waals surface area contributed by atoms with Crippen LogP contribution in [0.2, 0.25) is 5.02 Å². The highest BCUT2D eigenvalue weighted by molar-refractivity contribution is 6.31. The standard InChI is InChI=1S/C16H20ClFN2O/c1-4-13-16(17)14(20(5-2)19-13)9-15(21)11-7-6-10(3)12(18)8-11/h6-8,15,21H,4-5,9H2,1-3H3. The van der Waals surface area contributed by atoms with Gasteiger partial charge in [-0.2, -0.15) is 5.10 Å². The van der Waals surface area contributed by atoms with Gasteiger partial charge in [-0.3, -0.25) is 4.68 Å². The normalized spacial score (nSPS) is 12.7. The molecule has 5 heteroatoms. The van der Waals surface area contributed by atoms with Crippen LogP contribution in [-0.4, -0.2) is 14.9 Å². The van der Waals surface area contributed by atoms with E-state index in [4.69, 9.17) is 11.6 Å². The summed E-state index contributed by atoms with van der Waals surface area (Å²) in [7, 11) is 0. The van der Waals surface area contributed by atoms with Gasteiger partial charge < -0.3 is 5.11 Å². The van der Waals surface area contributed by atoms with Crippen molar-refractivity contribution in [2.75, 3.05) is 0 Å². The Morgan fingerprint density at radius 2 is 2.10 bits per heavy atom. The van der Waals surface area contributed by atoms with Crippen LogP contribution in [0.1, 0.15) is 42.5 Å². The van der Waals surface area contributed by atoms with Crippen LogP contribution in [0.4, 0.5) is 4.39 Å². The summed E-state index contributed by atoms with van der Waals surface area (Å²) in [6.07, 6.45) is 0.264. The van der Waals surface area contributed by atoms with Crippen molar-refractivity contribution in [1.29, 1.82) is 0 Å². The molecule has 2 rings (SSSR count). The molecule has 1 heterocycles. The Kier molecular flexibility index (Phi) is 5.01. The largest absolute Gasteiger partial charge is 0.388 e. The molecule has 0 aliphatic heterocycles. The molecule has 1 aromatic carbocycles. The highest BCUT2D eigenvalue weighted by Gasteiger charge is 2.19. The Morgan fingerprint density at radius 1 is 1.38 bits per heavy atom. The lowest BCUT2D eigenvalue weighted by Gasteiger charge is -2.13. The number of hydrogen-bond acceptors (Lipinski definition) is 2. The van der Waals surface area contributed by atoms with Gasteiger partial charge in [0.1, 0.15) is 5.82 Å². The molecule has 0 saturated heterocycles. The van der Waals surface area contributed by atoms with E-state index in [1.54, 1.807) is 23.7 Å². The van der Waals surface area contributed by atoms with Crippen LogP contribution in [0.5, 0.6) is 0 Å². The van der Waals surface area contributed by atoms with Crippen LogP contribution in [0.25, 0.3) is 0 Å². The number of aliphatic hydroxyl groups excluding tert-OH is 1. The summed E-state index contributed by atoms with van der Waals surface area (Å²) in [6.45, 7) is 6.35. The van der Waals surface area contributed by atoms with Crippen LogP contribution in [0.3, 0.4) is 0 Å². The fourth-order valence-corrected chi connectivity index (χ4v) is 2.68. The molecular formula is C16H20ClFN2O. The maximum atomic E-state index is 13.6. The smallest absolute Gasteiger partial charge is 0.126 e. The number of benzene rings is 1. The molecule has 1 unspecified atom stereocenters. The van der Waals surface area contributed by atoms with E-state index in [9.17, 15) is 9.50 Å². The van der Waals surface area contributed by atoms with Crippen molar-refractivity contribution in [1.82, 2.24) is 9.78 Å². The van der Waals surface area contributed by atoms with Crippen LogP contribution in [0.15, 0.2) is 18.2 Å². The van der Waals surface area contributed by atoms with E-state index in [-0.39, 0.29) is 5.82 Å². The monoisotopic (exact) mass is 310 g/mol. The van der Waals surface area contributed by atoms with Gasteiger partial charge in [0.15, 0.2) is 0 Å². The van der Waals surface area contributed by atoms with Crippen molar-refractivity contribution in [3.05, 3.63) is 51.6 Å². The minimum absolute atomic E-state index is 0.309. The Labute approximate surface area is 129 Å². The van der Waals surface area contributed by atoms with E-state index in [1.807, 2.05) is 13.8 Å². The topological polar surface area (TPSA) is 38.0 Å². The Morgan fingerprint density at radius 3 is 2.67 bits per heavy atom. The zero-order valence-corrected chi connectivity index (χ0v) is 13.3. The van der Waals surface area contributed by atoms with Crippen LogP contribution in [0, 0.1) is 12.7 Å². The SMILES string of the molecule is CCc1nn(CC)c(CC(O)c2ccc(C)c(F)c2)c1Cl. The average Bonchev–Trinajstić information content (AvgIpc) is 2.78. The van der Waals surface area contributed by atoms with Crippen molar-refractivity contribution in [3.8, 4) is 0 Å². The third kappa shape index (κ3) is 3.27. The minimum Gasteiger partial charge on any atom is -0.388 e. The molecule has 0 aliphatic carbocycles. The summed E-state index contributed by atoms with van der Waals surface area (Å²) in [5.74, 6) is -0.309. The van der Waals surface area contributed by atoms with E-state index >= 15 is 0 Å². The second kappa shape index (κ2) is 6.58. The summed E-state index contributed by atoms with van der Waals surface area (Å²) in [5, 5.41) is 15.4. The van der Waals surface area contributed by atoms with Gasteiger partial charge in [0.05, 0.1) is 22.5 Å². The van der Waals surface area contributed by atoms with Crippen molar-refractivity contribution < 1.29 is 9.50 Å². The zero-order chi connectivity index (χ0) is 15.6. The van der Waals surface area contributed by atoms with Gasteiger partial charge in [0.25, 0.3) is 0 Å². The molecule has 21 heavy (non-hydrogen) atoms. The van der Waals surface area contributed by atoms with Gasteiger partial charge in [-0.1, -0.05) is 30.7 Å². The predicted octanol–water partition coefficient (Wildman–Crippen LogP) is 3.84. The van der Waals surface area contributed by atoms with Crippen molar-refractivity contribution in [2.45, 2.75) is 46.3 Å². The molecule has 1 aromatic heterocycles. The molecule has 0 saturated carbocycles. The van der Waals surface area contributed by atoms with E-state index in [0.29, 0.717) is 29.1 Å². The van der Waals surface area contributed by atoms with Crippen molar-refractivity contribution in [3.63, 3.8) is 0 Å². The number of rotatable bonds is 5. The second-order valence-corrected chi connectivity index (χ2v) is 5.48. The fraction of sp³-hybridized carbons (Fsp3) is 0.438. The number of halogens is 2. The Bertz CT molecular complexity index is 639. The molecule has 0 fully saturated rings. The lowest BCUT2D eigenvalue weighted by atomic mass is 10.0. The summed E-state index contributed by atoms with van der Waals surface area (Å²) in [5.41, 5.74) is 2.74. The van der Waals surface area contributed by atoms with Gasteiger partial charge in [0.2, 0.25) is 0 Å². The first-order valence-electron chi connectivity index (χ1n) is 7.16. The summed E-state index contributed by atoms with van der Waals surface area (Å²) >= 11 is 6.33. The first-order valence-corrected chi connectivity index (χ1v) is 7.53.